The summed E-state index contributed by atoms with van der Waals surface area (Å²) in [5.41, 5.74) is 0.0544. The maximum absolute atomic E-state index is 14.3. The average molecular weight is 374 g/mol. The fraction of sp³-hybridized carbons (Fsp3) is 0.579. The summed E-state index contributed by atoms with van der Waals surface area (Å²) < 4.78 is 32.0. The van der Waals surface area contributed by atoms with Gasteiger partial charge in [-0.05, 0) is 45.3 Å². The van der Waals surface area contributed by atoms with Gasteiger partial charge in [-0.1, -0.05) is 6.07 Å². The first-order valence-electron chi connectivity index (χ1n) is 9.06. The van der Waals surface area contributed by atoms with Gasteiger partial charge in [-0.25, -0.2) is 4.39 Å². The van der Waals surface area contributed by atoms with E-state index in [-0.39, 0.29) is 6.54 Å². The van der Waals surface area contributed by atoms with Crippen molar-refractivity contribution in [3.63, 3.8) is 0 Å². The molecule has 2 atom stereocenters. The van der Waals surface area contributed by atoms with Crippen molar-refractivity contribution in [1.29, 1.82) is 5.26 Å². The maximum atomic E-state index is 14.3. The highest BCUT2D eigenvalue weighted by Gasteiger charge is 2.51. The number of hydrogen-bond acceptors (Lipinski definition) is 5. The van der Waals surface area contributed by atoms with Crippen LogP contribution in [0.3, 0.4) is 0 Å². The van der Waals surface area contributed by atoms with Crippen LogP contribution in [-0.2, 0) is 14.1 Å². The second-order valence-electron chi connectivity index (χ2n) is 8.02. The molecule has 0 aliphatic carbocycles. The number of amides is 1. The standard InChI is InChI=1S/C19H24BFN2O4/c1-18(2)19(3,4)27-20(26-18)14-5-6-16(13(9-14)10-22)25-17-7-8-23(12-24)11-15(17)21/h5-6,9,12,15,17H,7-8,11H2,1-4H3/t15-,17+/m1/s1. The SMILES string of the molecule is CC1(C)OB(c2ccc(O[C@H]3CCN(C=O)C[C@H]3F)c(C#N)c2)OC1(C)C. The summed E-state index contributed by atoms with van der Waals surface area (Å²) >= 11 is 0. The molecule has 0 unspecified atom stereocenters. The molecule has 1 amide bonds. The Bertz CT molecular complexity index is 749. The number of alkyl halides is 1. The molecule has 2 saturated heterocycles. The number of piperidine rings is 1. The summed E-state index contributed by atoms with van der Waals surface area (Å²) in [6.07, 6.45) is -0.957. The van der Waals surface area contributed by atoms with Gasteiger partial charge in [-0.3, -0.25) is 4.79 Å². The first-order chi connectivity index (χ1) is 12.7. The molecule has 1 aromatic carbocycles. The molecule has 0 N–H and O–H groups in total. The predicted molar refractivity (Wildman–Crippen MR) is 98.4 cm³/mol. The third-order valence-corrected chi connectivity index (χ3v) is 5.59. The highest BCUT2D eigenvalue weighted by atomic mass is 19.1. The number of halogens is 1. The van der Waals surface area contributed by atoms with Crippen LogP contribution < -0.4 is 10.2 Å². The van der Waals surface area contributed by atoms with Gasteiger partial charge in [0.15, 0.2) is 6.17 Å². The smallest absolute Gasteiger partial charge is 0.486 e. The average Bonchev–Trinajstić information content (AvgIpc) is 2.84. The molecule has 2 heterocycles. The highest BCUT2D eigenvalue weighted by Crippen LogP contribution is 2.36. The third kappa shape index (κ3) is 3.80. The van der Waals surface area contributed by atoms with E-state index in [1.807, 2.05) is 27.7 Å². The van der Waals surface area contributed by atoms with Gasteiger partial charge < -0.3 is 18.9 Å². The molecule has 0 bridgehead atoms. The maximum Gasteiger partial charge on any atom is 0.494 e. The summed E-state index contributed by atoms with van der Waals surface area (Å²) in [5, 5.41) is 9.51. The van der Waals surface area contributed by atoms with Crippen LogP contribution in [0.15, 0.2) is 18.2 Å². The Labute approximate surface area is 159 Å². The minimum atomic E-state index is -1.29. The van der Waals surface area contributed by atoms with Crippen LogP contribution >= 0.6 is 0 Å². The number of nitriles is 1. The van der Waals surface area contributed by atoms with Gasteiger partial charge in [0.1, 0.15) is 17.9 Å². The van der Waals surface area contributed by atoms with Crippen LogP contribution in [0, 0.1) is 11.3 Å². The quantitative estimate of drug-likeness (QED) is 0.594. The topological polar surface area (TPSA) is 71.8 Å². The second kappa shape index (κ2) is 7.14. The fourth-order valence-corrected chi connectivity index (χ4v) is 3.16. The first kappa shape index (κ1) is 19.7. The van der Waals surface area contributed by atoms with E-state index >= 15 is 0 Å². The molecule has 0 saturated carbocycles. The molecule has 1 aromatic rings. The number of benzene rings is 1. The number of carbonyl (C=O) groups is 1. The van der Waals surface area contributed by atoms with E-state index in [0.717, 1.165) is 0 Å². The lowest BCUT2D eigenvalue weighted by Crippen LogP contribution is -2.46. The summed E-state index contributed by atoms with van der Waals surface area (Å²) in [4.78, 5) is 12.2. The lowest BCUT2D eigenvalue weighted by Gasteiger charge is -2.32. The molecule has 8 heteroatoms. The first-order valence-corrected chi connectivity index (χ1v) is 9.06. The zero-order valence-corrected chi connectivity index (χ0v) is 16.1. The summed E-state index contributed by atoms with van der Waals surface area (Å²) in [6, 6.07) is 7.18. The Morgan fingerprint density at radius 2 is 2.00 bits per heavy atom. The van der Waals surface area contributed by atoms with Gasteiger partial charge in [-0.15, -0.1) is 0 Å². The van der Waals surface area contributed by atoms with Crippen molar-refractivity contribution in [3.05, 3.63) is 23.8 Å². The monoisotopic (exact) mass is 374 g/mol. The molecule has 0 spiro atoms. The van der Waals surface area contributed by atoms with Gasteiger partial charge in [0.05, 0.1) is 23.3 Å². The van der Waals surface area contributed by atoms with Crippen LogP contribution in [0.1, 0.15) is 39.7 Å². The molecular formula is C19H24BFN2O4. The van der Waals surface area contributed by atoms with E-state index in [1.165, 1.54) is 4.90 Å². The van der Waals surface area contributed by atoms with E-state index in [9.17, 15) is 14.4 Å². The molecule has 0 aromatic heterocycles. The number of likely N-dealkylation sites (tertiary alicyclic amines) is 1. The Morgan fingerprint density at radius 3 is 2.56 bits per heavy atom. The van der Waals surface area contributed by atoms with E-state index in [2.05, 4.69) is 6.07 Å². The van der Waals surface area contributed by atoms with Crippen molar-refractivity contribution >= 4 is 19.0 Å². The third-order valence-electron chi connectivity index (χ3n) is 5.59. The zero-order chi connectivity index (χ0) is 19.8. The number of carbonyl (C=O) groups excluding carboxylic acids is 1. The van der Waals surface area contributed by atoms with E-state index in [1.54, 1.807) is 18.2 Å². The molecular weight excluding hydrogens is 350 g/mol. The summed E-state index contributed by atoms with van der Waals surface area (Å²) in [7, 11) is -0.582. The Morgan fingerprint density at radius 1 is 1.33 bits per heavy atom. The Hall–Kier alpha value is -2.11. The highest BCUT2D eigenvalue weighted by molar-refractivity contribution is 6.62. The number of hydrogen-bond donors (Lipinski definition) is 0. The minimum Gasteiger partial charge on any atom is -0.486 e. The van der Waals surface area contributed by atoms with Gasteiger partial charge in [0.25, 0.3) is 0 Å². The Kier molecular flexibility index (Phi) is 5.19. The molecule has 2 fully saturated rings. The number of ether oxygens (including phenoxy) is 1. The van der Waals surface area contributed by atoms with Gasteiger partial charge in [0, 0.05) is 13.0 Å². The van der Waals surface area contributed by atoms with Gasteiger partial charge in [0.2, 0.25) is 6.41 Å². The number of nitrogens with zero attached hydrogens (tertiary/aromatic N) is 2. The van der Waals surface area contributed by atoms with Crippen LogP contribution in [0.2, 0.25) is 0 Å². The number of rotatable bonds is 4. The van der Waals surface area contributed by atoms with Crippen molar-refractivity contribution in [2.75, 3.05) is 13.1 Å². The van der Waals surface area contributed by atoms with Crippen LogP contribution in [0.4, 0.5) is 4.39 Å². The lowest BCUT2D eigenvalue weighted by molar-refractivity contribution is -0.121. The van der Waals surface area contributed by atoms with Gasteiger partial charge in [-0.2, -0.15) is 5.26 Å². The predicted octanol–water partition coefficient (Wildman–Crippen LogP) is 1.81. The molecule has 2 aliphatic heterocycles. The second-order valence-corrected chi connectivity index (χ2v) is 8.02. The fourth-order valence-electron chi connectivity index (χ4n) is 3.16. The molecule has 27 heavy (non-hydrogen) atoms. The van der Waals surface area contributed by atoms with Crippen molar-refractivity contribution in [2.45, 2.75) is 57.6 Å². The van der Waals surface area contributed by atoms with E-state index in [4.69, 9.17) is 14.0 Å². The van der Waals surface area contributed by atoms with Crippen LogP contribution in [0.5, 0.6) is 5.75 Å². The van der Waals surface area contributed by atoms with Crippen LogP contribution in [-0.4, -0.2) is 55.0 Å². The Balaban J connectivity index is 1.76. The van der Waals surface area contributed by atoms with Crippen molar-refractivity contribution in [2.24, 2.45) is 0 Å². The summed E-state index contributed by atoms with van der Waals surface area (Å²) in [5.74, 6) is 0.324. The molecule has 3 rings (SSSR count). The molecule has 2 aliphatic rings. The lowest BCUT2D eigenvalue weighted by atomic mass is 9.78. The normalized spacial score (nSPS) is 26.5. The van der Waals surface area contributed by atoms with Gasteiger partial charge >= 0.3 is 7.12 Å². The molecule has 6 nitrogen and oxygen atoms in total. The van der Waals surface area contributed by atoms with Crippen molar-refractivity contribution in [1.82, 2.24) is 4.90 Å². The van der Waals surface area contributed by atoms with Crippen LogP contribution in [0.25, 0.3) is 0 Å². The summed E-state index contributed by atoms with van der Waals surface area (Å²) in [6.45, 7) is 8.28. The van der Waals surface area contributed by atoms with E-state index < -0.39 is 30.6 Å². The van der Waals surface area contributed by atoms with E-state index in [0.29, 0.717) is 36.2 Å². The zero-order valence-electron chi connectivity index (χ0n) is 16.1. The minimum absolute atomic E-state index is 0.00204. The van der Waals surface area contributed by atoms with Crippen molar-refractivity contribution < 1.29 is 23.2 Å². The van der Waals surface area contributed by atoms with Crippen molar-refractivity contribution in [3.8, 4) is 11.8 Å². The molecule has 144 valence electrons. The largest absolute Gasteiger partial charge is 0.494 e. The molecule has 0 radical (unpaired) electrons.